The Bertz CT molecular complexity index is 1020. The number of hydrogen-bond acceptors (Lipinski definition) is 8. The lowest BCUT2D eigenvalue weighted by Gasteiger charge is -2.33. The zero-order chi connectivity index (χ0) is 19.5. The first-order valence-corrected chi connectivity index (χ1v) is 8.25. The summed E-state index contributed by atoms with van der Waals surface area (Å²) in [7, 11) is 1.66. The van der Waals surface area contributed by atoms with Gasteiger partial charge in [-0.15, -0.1) is 0 Å². The third-order valence-corrected chi connectivity index (χ3v) is 4.80. The number of ether oxygens (including phenoxy) is 2. The van der Waals surface area contributed by atoms with Crippen molar-refractivity contribution in [2.45, 2.75) is 12.5 Å². The lowest BCUT2D eigenvalue weighted by atomic mass is 10.1. The van der Waals surface area contributed by atoms with Crippen molar-refractivity contribution in [3.63, 3.8) is 0 Å². The van der Waals surface area contributed by atoms with Crippen LogP contribution in [0.5, 0.6) is 11.5 Å². The van der Waals surface area contributed by atoms with Crippen LogP contribution in [-0.2, 0) is 0 Å². The number of rotatable bonds is 2. The molecule has 3 heterocycles. The van der Waals surface area contributed by atoms with Crippen molar-refractivity contribution in [3.05, 3.63) is 22.2 Å². The van der Waals surface area contributed by atoms with E-state index in [9.17, 15) is 9.59 Å². The van der Waals surface area contributed by atoms with Crippen LogP contribution in [0.1, 0.15) is 6.42 Å². The number of nitrogen functional groups attached to an aromatic ring is 1. The van der Waals surface area contributed by atoms with Crippen LogP contribution in [0, 0.1) is 5.82 Å². The maximum Gasteiger partial charge on any atom is 0.511 e. The minimum Gasteiger partial charge on any atom is -0.467 e. The number of pyridine rings is 1. The third-order valence-electron chi connectivity index (χ3n) is 4.80. The monoisotopic (exact) mass is 379 g/mol. The molecule has 1 fully saturated rings. The van der Waals surface area contributed by atoms with Crippen LogP contribution in [0.2, 0.25) is 0 Å². The summed E-state index contributed by atoms with van der Waals surface area (Å²) in [6.45, 7) is 1.01. The maximum absolute atomic E-state index is 15.2. The lowest BCUT2D eigenvalue weighted by molar-refractivity contribution is 0.143. The maximum atomic E-state index is 15.2. The SMILES string of the molecule is CN1COc2c(N3CCC(N)C3)c(F)c(N)c3c(=O)c(OC(=O)O)cn1c23. The second-order valence-electron chi connectivity index (χ2n) is 6.59. The first-order chi connectivity index (χ1) is 12.8. The Kier molecular flexibility index (Phi) is 3.77. The zero-order valence-corrected chi connectivity index (χ0v) is 14.4. The molecule has 10 nitrogen and oxygen atoms in total. The average molecular weight is 379 g/mol. The summed E-state index contributed by atoms with van der Waals surface area (Å²) in [6, 6.07) is -0.103. The molecule has 1 aromatic heterocycles. The highest BCUT2D eigenvalue weighted by Crippen LogP contribution is 2.44. The van der Waals surface area contributed by atoms with E-state index < -0.39 is 28.8 Å². The molecule has 1 aromatic carbocycles. The Labute approximate surface area is 152 Å². The first kappa shape index (κ1) is 17.2. The summed E-state index contributed by atoms with van der Waals surface area (Å²) in [5, 5.41) is 10.2. The van der Waals surface area contributed by atoms with Crippen LogP contribution < -0.4 is 36.3 Å². The first-order valence-electron chi connectivity index (χ1n) is 8.25. The zero-order valence-electron chi connectivity index (χ0n) is 14.4. The van der Waals surface area contributed by atoms with E-state index in [1.54, 1.807) is 17.0 Å². The van der Waals surface area contributed by atoms with E-state index in [4.69, 9.17) is 21.3 Å². The van der Waals surface area contributed by atoms with Crippen LogP contribution in [-0.4, -0.2) is 48.8 Å². The number of halogens is 1. The molecule has 1 saturated heterocycles. The predicted molar refractivity (Wildman–Crippen MR) is 95.7 cm³/mol. The highest BCUT2D eigenvalue weighted by Gasteiger charge is 2.33. The van der Waals surface area contributed by atoms with Crippen LogP contribution in [0.25, 0.3) is 10.9 Å². The van der Waals surface area contributed by atoms with Gasteiger partial charge in [-0.1, -0.05) is 0 Å². The van der Waals surface area contributed by atoms with Crippen LogP contribution in [0.3, 0.4) is 0 Å². The van der Waals surface area contributed by atoms with E-state index in [-0.39, 0.29) is 35.1 Å². The molecule has 0 amide bonds. The summed E-state index contributed by atoms with van der Waals surface area (Å²) in [5.41, 5.74) is 11.1. The van der Waals surface area contributed by atoms with Crippen LogP contribution in [0.15, 0.2) is 11.0 Å². The summed E-state index contributed by atoms with van der Waals surface area (Å²) in [6.07, 6.45) is 0.257. The highest BCUT2D eigenvalue weighted by molar-refractivity contribution is 6.01. The van der Waals surface area contributed by atoms with Crippen molar-refractivity contribution in [2.24, 2.45) is 5.73 Å². The van der Waals surface area contributed by atoms with Gasteiger partial charge in [-0.3, -0.25) is 14.5 Å². The third kappa shape index (κ3) is 2.50. The number of nitrogens with two attached hydrogens (primary N) is 2. The smallest absolute Gasteiger partial charge is 0.467 e. The van der Waals surface area contributed by atoms with Gasteiger partial charge in [0.05, 0.1) is 17.3 Å². The molecule has 11 heteroatoms. The Morgan fingerprint density at radius 2 is 2.22 bits per heavy atom. The number of nitrogens with zero attached hydrogens (tertiary/aromatic N) is 3. The molecular formula is C16H18FN5O5. The van der Waals surface area contributed by atoms with E-state index >= 15 is 4.39 Å². The topological polar surface area (TPSA) is 136 Å². The van der Waals surface area contributed by atoms with Gasteiger partial charge in [0.1, 0.15) is 11.2 Å². The number of benzene rings is 1. The van der Waals surface area contributed by atoms with E-state index in [2.05, 4.69) is 4.74 Å². The fourth-order valence-electron chi connectivity index (χ4n) is 3.56. The Morgan fingerprint density at radius 3 is 2.85 bits per heavy atom. The molecule has 4 rings (SSSR count). The van der Waals surface area contributed by atoms with Crippen molar-refractivity contribution in [1.29, 1.82) is 0 Å². The molecule has 0 radical (unpaired) electrons. The molecule has 1 atom stereocenters. The number of anilines is 2. The van der Waals surface area contributed by atoms with Crippen LogP contribution >= 0.6 is 0 Å². The summed E-state index contributed by atoms with van der Waals surface area (Å²) in [4.78, 5) is 25.4. The van der Waals surface area contributed by atoms with E-state index in [0.717, 1.165) is 0 Å². The highest BCUT2D eigenvalue weighted by atomic mass is 19.1. The molecule has 27 heavy (non-hydrogen) atoms. The summed E-state index contributed by atoms with van der Waals surface area (Å²) < 4.78 is 26.9. The van der Waals surface area contributed by atoms with Gasteiger partial charge in [0.2, 0.25) is 11.2 Å². The predicted octanol–water partition coefficient (Wildman–Crippen LogP) is 0.235. The van der Waals surface area contributed by atoms with Gasteiger partial charge in [0.25, 0.3) is 0 Å². The van der Waals surface area contributed by atoms with Gasteiger partial charge < -0.3 is 30.9 Å². The second kappa shape index (κ2) is 5.91. The molecule has 0 spiro atoms. The minimum atomic E-state index is -1.66. The van der Waals surface area contributed by atoms with Crippen molar-refractivity contribution in [2.75, 3.05) is 42.5 Å². The molecule has 0 bridgehead atoms. The van der Waals surface area contributed by atoms with Crippen molar-refractivity contribution in [1.82, 2.24) is 4.68 Å². The quantitative estimate of drug-likeness (QED) is 0.495. The van der Waals surface area contributed by atoms with Gasteiger partial charge in [-0.05, 0) is 6.42 Å². The Hall–Kier alpha value is -3.21. The molecule has 2 aliphatic rings. The Balaban J connectivity index is 2.07. The molecule has 0 aliphatic carbocycles. The fraction of sp³-hybridized carbons (Fsp3) is 0.375. The standard InChI is InChI=1S/C16H18FN5O5/c1-20-6-26-15-12-9(14(23)8(5-22(12)20)27-16(24)25)11(19)10(17)13(15)21-3-2-7(18)4-21/h5,7H,2-4,6,18-19H2,1H3,(H,24,25). The Morgan fingerprint density at radius 1 is 1.48 bits per heavy atom. The van der Waals surface area contributed by atoms with Gasteiger partial charge in [-0.25, -0.2) is 9.18 Å². The molecule has 1 unspecified atom stereocenters. The van der Waals surface area contributed by atoms with E-state index in [1.807, 2.05) is 0 Å². The van der Waals surface area contributed by atoms with Crippen molar-refractivity contribution in [3.8, 4) is 11.5 Å². The van der Waals surface area contributed by atoms with E-state index in [1.165, 1.54) is 10.9 Å². The number of hydrogen-bond donors (Lipinski definition) is 3. The molecular weight excluding hydrogens is 361 g/mol. The summed E-state index contributed by atoms with van der Waals surface area (Å²) >= 11 is 0. The lowest BCUT2D eigenvalue weighted by Crippen LogP contribution is -2.40. The van der Waals surface area contributed by atoms with Gasteiger partial charge in [-0.2, -0.15) is 0 Å². The van der Waals surface area contributed by atoms with Gasteiger partial charge in [0, 0.05) is 26.2 Å². The molecule has 0 saturated carbocycles. The molecule has 2 aromatic rings. The van der Waals surface area contributed by atoms with Crippen LogP contribution in [0.4, 0.5) is 20.6 Å². The molecule has 5 N–H and O–H groups in total. The normalized spacial score (nSPS) is 18.7. The van der Waals surface area contributed by atoms with E-state index in [0.29, 0.717) is 19.5 Å². The van der Waals surface area contributed by atoms with Crippen molar-refractivity contribution >= 4 is 28.4 Å². The molecule has 2 aliphatic heterocycles. The summed E-state index contributed by atoms with van der Waals surface area (Å²) in [5.74, 6) is -1.10. The van der Waals surface area contributed by atoms with Crippen molar-refractivity contribution < 1.29 is 23.8 Å². The number of aromatic nitrogens is 1. The second-order valence-corrected chi connectivity index (χ2v) is 6.59. The number of carbonyl (C=O) groups is 1. The van der Waals surface area contributed by atoms with Gasteiger partial charge in [0.15, 0.2) is 18.3 Å². The fourth-order valence-corrected chi connectivity index (χ4v) is 3.56. The average Bonchev–Trinajstić information content (AvgIpc) is 3.02. The largest absolute Gasteiger partial charge is 0.511 e. The number of carboxylic acid groups (broad SMARTS) is 1. The molecule has 144 valence electrons. The minimum absolute atomic E-state index is 0.0493. The van der Waals surface area contributed by atoms with Gasteiger partial charge >= 0.3 is 6.16 Å².